The fraction of sp³-hybridized carbons (Fsp3) is 0.471. The van der Waals surface area contributed by atoms with Crippen molar-refractivity contribution in [3.8, 4) is 10.6 Å². The maximum Gasteiger partial charge on any atom is 0.223 e. The Labute approximate surface area is 154 Å². The molecule has 1 aliphatic rings. The number of aromatic nitrogens is 1. The highest BCUT2D eigenvalue weighted by Gasteiger charge is 2.17. The fourth-order valence-corrected chi connectivity index (χ4v) is 4.15. The van der Waals surface area contributed by atoms with E-state index in [1.54, 1.807) is 27.6 Å². The standard InChI is InChI=1S/C17H21N3O3S2/c1-12-19-14(11-24-12)15-3-2-13(25-15)10-18-16(21)4-5-17(22)20-6-8-23-9-7-20/h2-3,11H,4-10H2,1H3,(H,18,21). The molecule has 8 heteroatoms. The molecule has 0 saturated carbocycles. The summed E-state index contributed by atoms with van der Waals surface area (Å²) >= 11 is 3.26. The number of rotatable bonds is 6. The van der Waals surface area contributed by atoms with E-state index >= 15 is 0 Å². The smallest absolute Gasteiger partial charge is 0.223 e. The molecule has 6 nitrogen and oxygen atoms in total. The minimum atomic E-state index is -0.0962. The van der Waals surface area contributed by atoms with E-state index in [-0.39, 0.29) is 24.7 Å². The van der Waals surface area contributed by atoms with Crippen LogP contribution in [0.2, 0.25) is 0 Å². The molecule has 0 atom stereocenters. The monoisotopic (exact) mass is 379 g/mol. The largest absolute Gasteiger partial charge is 0.378 e. The zero-order valence-electron chi connectivity index (χ0n) is 14.1. The summed E-state index contributed by atoms with van der Waals surface area (Å²) in [5.74, 6) is -0.0724. The Bertz CT molecular complexity index is 735. The van der Waals surface area contributed by atoms with Gasteiger partial charge in [0, 0.05) is 36.2 Å². The van der Waals surface area contributed by atoms with Crippen LogP contribution in [0.3, 0.4) is 0 Å². The number of carbonyl (C=O) groups is 2. The van der Waals surface area contributed by atoms with E-state index < -0.39 is 0 Å². The van der Waals surface area contributed by atoms with Crippen LogP contribution in [0.5, 0.6) is 0 Å². The molecule has 3 rings (SSSR count). The van der Waals surface area contributed by atoms with Crippen molar-refractivity contribution in [3.05, 3.63) is 27.4 Å². The minimum Gasteiger partial charge on any atom is -0.378 e. The lowest BCUT2D eigenvalue weighted by molar-refractivity contribution is -0.137. The van der Waals surface area contributed by atoms with Crippen LogP contribution in [-0.4, -0.2) is 48.0 Å². The fourth-order valence-electron chi connectivity index (χ4n) is 2.55. The lowest BCUT2D eigenvalue weighted by atomic mass is 10.2. The van der Waals surface area contributed by atoms with Crippen LogP contribution in [0.15, 0.2) is 17.5 Å². The summed E-state index contributed by atoms with van der Waals surface area (Å²) < 4.78 is 5.22. The van der Waals surface area contributed by atoms with Crippen molar-refractivity contribution in [2.45, 2.75) is 26.3 Å². The normalized spacial score (nSPS) is 14.5. The lowest BCUT2D eigenvalue weighted by Gasteiger charge is -2.26. The van der Waals surface area contributed by atoms with Gasteiger partial charge in [-0.2, -0.15) is 0 Å². The second kappa shape index (κ2) is 8.55. The van der Waals surface area contributed by atoms with Gasteiger partial charge in [0.2, 0.25) is 11.8 Å². The van der Waals surface area contributed by atoms with Crippen LogP contribution < -0.4 is 5.32 Å². The van der Waals surface area contributed by atoms with Crippen LogP contribution in [0.4, 0.5) is 0 Å². The second-order valence-electron chi connectivity index (χ2n) is 5.79. The van der Waals surface area contributed by atoms with Crippen LogP contribution in [0.1, 0.15) is 22.7 Å². The van der Waals surface area contributed by atoms with Gasteiger partial charge in [-0.25, -0.2) is 4.98 Å². The summed E-state index contributed by atoms with van der Waals surface area (Å²) in [5, 5.41) is 5.97. The van der Waals surface area contributed by atoms with Gasteiger partial charge in [-0.3, -0.25) is 9.59 Å². The summed E-state index contributed by atoms with van der Waals surface area (Å²) in [6.45, 7) is 4.87. The van der Waals surface area contributed by atoms with Crippen molar-refractivity contribution in [2.75, 3.05) is 26.3 Å². The van der Waals surface area contributed by atoms with E-state index in [4.69, 9.17) is 4.74 Å². The Balaban J connectivity index is 1.41. The Morgan fingerprint density at radius 2 is 2.08 bits per heavy atom. The molecule has 2 aromatic rings. The highest BCUT2D eigenvalue weighted by Crippen LogP contribution is 2.28. The van der Waals surface area contributed by atoms with Crippen molar-refractivity contribution in [1.82, 2.24) is 15.2 Å². The topological polar surface area (TPSA) is 71.5 Å². The van der Waals surface area contributed by atoms with Crippen LogP contribution in [0, 0.1) is 6.92 Å². The molecule has 0 spiro atoms. The lowest BCUT2D eigenvalue weighted by Crippen LogP contribution is -2.41. The number of nitrogens with zero attached hydrogens (tertiary/aromatic N) is 2. The third-order valence-corrected chi connectivity index (χ3v) is 5.80. The van der Waals surface area contributed by atoms with E-state index in [9.17, 15) is 9.59 Å². The first-order chi connectivity index (χ1) is 12.1. The Morgan fingerprint density at radius 1 is 1.28 bits per heavy atom. The molecule has 134 valence electrons. The van der Waals surface area contributed by atoms with E-state index in [2.05, 4.69) is 10.3 Å². The average molecular weight is 380 g/mol. The maximum absolute atomic E-state index is 12.0. The molecule has 2 aromatic heterocycles. The first kappa shape index (κ1) is 18.0. The summed E-state index contributed by atoms with van der Waals surface area (Å²) in [4.78, 5) is 32.4. The summed E-state index contributed by atoms with van der Waals surface area (Å²) in [6, 6.07) is 4.04. The molecule has 25 heavy (non-hydrogen) atoms. The molecule has 0 aromatic carbocycles. The minimum absolute atomic E-state index is 0.0239. The molecule has 0 unspecified atom stereocenters. The van der Waals surface area contributed by atoms with Gasteiger partial charge in [0.25, 0.3) is 0 Å². The quantitative estimate of drug-likeness (QED) is 0.837. The van der Waals surface area contributed by atoms with E-state index in [1.807, 2.05) is 24.4 Å². The van der Waals surface area contributed by atoms with Gasteiger partial charge in [-0.1, -0.05) is 0 Å². The summed E-state index contributed by atoms with van der Waals surface area (Å²) in [7, 11) is 0. The predicted molar refractivity (Wildman–Crippen MR) is 98.6 cm³/mol. The average Bonchev–Trinajstić information content (AvgIpc) is 3.27. The third-order valence-electron chi connectivity index (χ3n) is 3.92. The molecule has 1 N–H and O–H groups in total. The zero-order valence-corrected chi connectivity index (χ0v) is 15.8. The zero-order chi connectivity index (χ0) is 17.6. The van der Waals surface area contributed by atoms with Crippen LogP contribution in [0.25, 0.3) is 10.6 Å². The predicted octanol–water partition coefficient (Wildman–Crippen LogP) is 2.44. The van der Waals surface area contributed by atoms with Crippen molar-refractivity contribution in [1.29, 1.82) is 0 Å². The molecular formula is C17H21N3O3S2. The molecular weight excluding hydrogens is 358 g/mol. The van der Waals surface area contributed by atoms with Crippen molar-refractivity contribution in [3.63, 3.8) is 0 Å². The SMILES string of the molecule is Cc1nc(-c2ccc(CNC(=O)CCC(=O)N3CCOCC3)s2)cs1. The number of thiophene rings is 1. The third kappa shape index (κ3) is 5.10. The van der Waals surface area contributed by atoms with E-state index in [0.717, 1.165) is 20.5 Å². The van der Waals surface area contributed by atoms with Gasteiger partial charge < -0.3 is 15.0 Å². The molecule has 1 fully saturated rings. The number of aryl methyl sites for hydroxylation is 1. The van der Waals surface area contributed by atoms with Gasteiger partial charge in [0.1, 0.15) is 0 Å². The Morgan fingerprint density at radius 3 is 2.80 bits per heavy atom. The van der Waals surface area contributed by atoms with Gasteiger partial charge in [0.05, 0.1) is 35.3 Å². The maximum atomic E-state index is 12.0. The summed E-state index contributed by atoms with van der Waals surface area (Å²) in [6.07, 6.45) is 0.472. The van der Waals surface area contributed by atoms with Gasteiger partial charge in [0.15, 0.2) is 0 Å². The van der Waals surface area contributed by atoms with Crippen molar-refractivity contribution < 1.29 is 14.3 Å². The van der Waals surface area contributed by atoms with E-state index in [1.165, 1.54) is 0 Å². The number of thiazole rings is 1. The second-order valence-corrected chi connectivity index (χ2v) is 8.02. The number of carbonyl (C=O) groups excluding carboxylic acids is 2. The van der Waals surface area contributed by atoms with Gasteiger partial charge in [-0.05, 0) is 19.1 Å². The summed E-state index contributed by atoms with van der Waals surface area (Å²) in [5.41, 5.74) is 0.987. The van der Waals surface area contributed by atoms with E-state index in [0.29, 0.717) is 32.8 Å². The number of hydrogen-bond donors (Lipinski definition) is 1. The Hall–Kier alpha value is -1.77. The van der Waals surface area contributed by atoms with Crippen molar-refractivity contribution in [2.24, 2.45) is 0 Å². The van der Waals surface area contributed by atoms with Crippen LogP contribution in [-0.2, 0) is 20.9 Å². The van der Waals surface area contributed by atoms with Crippen molar-refractivity contribution >= 4 is 34.5 Å². The molecule has 2 amide bonds. The van der Waals surface area contributed by atoms with Crippen LogP contribution >= 0.6 is 22.7 Å². The molecule has 0 radical (unpaired) electrons. The highest BCUT2D eigenvalue weighted by molar-refractivity contribution is 7.16. The highest BCUT2D eigenvalue weighted by atomic mass is 32.1. The number of morpholine rings is 1. The first-order valence-electron chi connectivity index (χ1n) is 8.25. The number of amides is 2. The Kier molecular flexibility index (Phi) is 6.17. The first-order valence-corrected chi connectivity index (χ1v) is 9.95. The van der Waals surface area contributed by atoms with Gasteiger partial charge in [-0.15, -0.1) is 22.7 Å². The molecule has 0 bridgehead atoms. The number of ether oxygens (including phenoxy) is 1. The molecule has 1 saturated heterocycles. The van der Waals surface area contributed by atoms with Gasteiger partial charge >= 0.3 is 0 Å². The molecule has 1 aliphatic heterocycles. The molecule has 3 heterocycles. The number of nitrogens with one attached hydrogen (secondary N) is 1. The molecule has 0 aliphatic carbocycles. The number of hydrogen-bond acceptors (Lipinski definition) is 6.